The van der Waals surface area contributed by atoms with E-state index in [0.29, 0.717) is 18.9 Å². The molecule has 2 saturated heterocycles. The van der Waals surface area contributed by atoms with Crippen LogP contribution in [0.2, 0.25) is 0 Å². The van der Waals surface area contributed by atoms with E-state index in [-0.39, 0.29) is 5.91 Å². The van der Waals surface area contributed by atoms with Crippen LogP contribution in [0.3, 0.4) is 0 Å². The highest BCUT2D eigenvalue weighted by Gasteiger charge is 2.23. The summed E-state index contributed by atoms with van der Waals surface area (Å²) in [6.45, 7) is 7.30. The lowest BCUT2D eigenvalue weighted by atomic mass is 10.1. The summed E-state index contributed by atoms with van der Waals surface area (Å²) >= 11 is 0. The molecule has 4 heterocycles. The second-order valence-corrected chi connectivity index (χ2v) is 8.21. The fraction of sp³-hybridized carbons (Fsp3) is 0.714. The number of anilines is 1. The van der Waals surface area contributed by atoms with Gasteiger partial charge in [0.25, 0.3) is 0 Å². The van der Waals surface area contributed by atoms with Crippen LogP contribution in [0.5, 0.6) is 0 Å². The Hall–Kier alpha value is -2.22. The van der Waals surface area contributed by atoms with Crippen LogP contribution in [-0.2, 0) is 11.2 Å². The Balaban J connectivity index is 1.28. The summed E-state index contributed by atoms with van der Waals surface area (Å²) in [4.78, 5) is 17.0. The molecule has 2 fully saturated rings. The standard InChI is InChI=1S/C21H33N7O/c1-2-26-15-7-8-17(26)16-22-21(29)10-6-9-18-23-24-19-11-12-20(25-28(18)19)27-13-4-3-5-14-27/h11-12,17H,2-10,13-16H2,1H3,(H,22,29)/t17-/m1/s1. The number of carbonyl (C=O) groups is 1. The van der Waals surface area contributed by atoms with Crippen LogP contribution in [0.15, 0.2) is 12.1 Å². The monoisotopic (exact) mass is 399 g/mol. The molecule has 158 valence electrons. The number of likely N-dealkylation sites (tertiary alicyclic amines) is 1. The predicted octanol–water partition coefficient (Wildman–Crippen LogP) is 2.04. The first-order valence-electron chi connectivity index (χ1n) is 11.2. The molecule has 0 aliphatic carbocycles. The lowest BCUT2D eigenvalue weighted by Crippen LogP contribution is -2.39. The SMILES string of the molecule is CCN1CCC[C@@H]1CNC(=O)CCCc1nnc2ccc(N3CCCCC3)nn12. The number of nitrogens with zero attached hydrogens (tertiary/aromatic N) is 6. The first kappa shape index (κ1) is 20.1. The van der Waals surface area contributed by atoms with Crippen LogP contribution >= 0.6 is 0 Å². The molecule has 0 aromatic carbocycles. The largest absolute Gasteiger partial charge is 0.355 e. The van der Waals surface area contributed by atoms with E-state index in [2.05, 4.69) is 32.2 Å². The van der Waals surface area contributed by atoms with Gasteiger partial charge in [-0.15, -0.1) is 15.3 Å². The van der Waals surface area contributed by atoms with Crippen molar-refractivity contribution in [1.29, 1.82) is 0 Å². The average Bonchev–Trinajstić information content (AvgIpc) is 3.39. The number of likely N-dealkylation sites (N-methyl/N-ethyl adjacent to an activating group) is 1. The minimum absolute atomic E-state index is 0.128. The fourth-order valence-electron chi connectivity index (χ4n) is 4.54. The number of rotatable bonds is 8. The van der Waals surface area contributed by atoms with E-state index in [4.69, 9.17) is 5.10 Å². The summed E-state index contributed by atoms with van der Waals surface area (Å²) in [6.07, 6.45) is 8.14. The Morgan fingerprint density at radius 3 is 2.83 bits per heavy atom. The number of amides is 1. The van der Waals surface area contributed by atoms with Gasteiger partial charge in [0.2, 0.25) is 5.91 Å². The maximum absolute atomic E-state index is 12.3. The molecule has 0 unspecified atom stereocenters. The van der Waals surface area contributed by atoms with E-state index in [1.807, 2.05) is 16.6 Å². The number of hydrogen-bond acceptors (Lipinski definition) is 6. The molecule has 0 saturated carbocycles. The lowest BCUT2D eigenvalue weighted by molar-refractivity contribution is -0.121. The highest BCUT2D eigenvalue weighted by atomic mass is 16.1. The summed E-state index contributed by atoms with van der Waals surface area (Å²) in [5.41, 5.74) is 0.770. The topological polar surface area (TPSA) is 78.7 Å². The van der Waals surface area contributed by atoms with Crippen molar-refractivity contribution >= 4 is 17.4 Å². The second kappa shape index (κ2) is 9.52. The zero-order valence-corrected chi connectivity index (χ0v) is 17.5. The van der Waals surface area contributed by atoms with E-state index in [1.165, 1.54) is 32.1 Å². The summed E-state index contributed by atoms with van der Waals surface area (Å²) in [5, 5.41) is 16.4. The van der Waals surface area contributed by atoms with Crippen molar-refractivity contribution in [3.63, 3.8) is 0 Å². The van der Waals surface area contributed by atoms with Crippen molar-refractivity contribution < 1.29 is 4.79 Å². The third-order valence-corrected chi connectivity index (χ3v) is 6.24. The van der Waals surface area contributed by atoms with Crippen LogP contribution in [0.25, 0.3) is 5.65 Å². The quantitative estimate of drug-likeness (QED) is 0.732. The Morgan fingerprint density at radius 2 is 2.00 bits per heavy atom. The highest BCUT2D eigenvalue weighted by Crippen LogP contribution is 2.18. The van der Waals surface area contributed by atoms with Gasteiger partial charge in [0.15, 0.2) is 11.5 Å². The van der Waals surface area contributed by atoms with E-state index in [0.717, 1.165) is 56.4 Å². The number of aryl methyl sites for hydroxylation is 1. The zero-order chi connectivity index (χ0) is 20.1. The summed E-state index contributed by atoms with van der Waals surface area (Å²) in [6, 6.07) is 4.53. The van der Waals surface area contributed by atoms with E-state index in [9.17, 15) is 4.79 Å². The van der Waals surface area contributed by atoms with Crippen LogP contribution in [-0.4, -0.2) is 69.4 Å². The molecule has 2 aromatic heterocycles. The van der Waals surface area contributed by atoms with E-state index < -0.39 is 0 Å². The Kier molecular flexibility index (Phi) is 6.59. The van der Waals surface area contributed by atoms with Gasteiger partial charge in [-0.1, -0.05) is 6.92 Å². The number of aromatic nitrogens is 4. The van der Waals surface area contributed by atoms with Crippen molar-refractivity contribution in [1.82, 2.24) is 30.0 Å². The summed E-state index contributed by atoms with van der Waals surface area (Å²) < 4.78 is 1.85. The van der Waals surface area contributed by atoms with Crippen LogP contribution in [0.4, 0.5) is 5.82 Å². The van der Waals surface area contributed by atoms with Gasteiger partial charge in [-0.25, -0.2) is 0 Å². The van der Waals surface area contributed by atoms with E-state index >= 15 is 0 Å². The summed E-state index contributed by atoms with van der Waals surface area (Å²) in [5.74, 6) is 1.95. The lowest BCUT2D eigenvalue weighted by Gasteiger charge is -2.27. The van der Waals surface area contributed by atoms with Gasteiger partial charge in [0.1, 0.15) is 5.82 Å². The van der Waals surface area contributed by atoms with Gasteiger partial charge in [-0.05, 0) is 63.7 Å². The molecule has 0 bridgehead atoms. The minimum atomic E-state index is 0.128. The van der Waals surface area contributed by atoms with Crippen molar-refractivity contribution in [2.75, 3.05) is 37.6 Å². The number of carbonyl (C=O) groups excluding carboxylic acids is 1. The summed E-state index contributed by atoms with van der Waals surface area (Å²) in [7, 11) is 0. The van der Waals surface area contributed by atoms with Gasteiger partial charge in [-0.3, -0.25) is 9.69 Å². The molecule has 0 spiro atoms. The van der Waals surface area contributed by atoms with Gasteiger partial charge < -0.3 is 10.2 Å². The molecule has 1 N–H and O–H groups in total. The molecule has 0 radical (unpaired) electrons. The Bertz CT molecular complexity index is 814. The van der Waals surface area contributed by atoms with Crippen LogP contribution in [0.1, 0.15) is 57.7 Å². The van der Waals surface area contributed by atoms with Crippen molar-refractivity contribution in [3.05, 3.63) is 18.0 Å². The number of nitrogens with one attached hydrogen (secondary N) is 1. The normalized spacial score (nSPS) is 20.4. The van der Waals surface area contributed by atoms with Crippen molar-refractivity contribution in [2.24, 2.45) is 0 Å². The molecule has 1 atom stereocenters. The molecule has 8 nitrogen and oxygen atoms in total. The van der Waals surface area contributed by atoms with Crippen molar-refractivity contribution in [3.8, 4) is 0 Å². The number of piperidine rings is 1. The molecular weight excluding hydrogens is 366 g/mol. The molecule has 4 rings (SSSR count). The molecule has 2 aliphatic heterocycles. The first-order chi connectivity index (χ1) is 14.2. The van der Waals surface area contributed by atoms with Gasteiger partial charge in [-0.2, -0.15) is 4.52 Å². The third kappa shape index (κ3) is 4.86. The van der Waals surface area contributed by atoms with Crippen LogP contribution in [0, 0.1) is 0 Å². The number of fused-ring (bicyclic) bond motifs is 1. The molecule has 1 amide bonds. The van der Waals surface area contributed by atoms with Gasteiger partial charge in [0, 0.05) is 38.5 Å². The number of hydrogen-bond donors (Lipinski definition) is 1. The molecule has 2 aliphatic rings. The molecule has 29 heavy (non-hydrogen) atoms. The third-order valence-electron chi connectivity index (χ3n) is 6.24. The van der Waals surface area contributed by atoms with Crippen molar-refractivity contribution in [2.45, 2.75) is 64.3 Å². The smallest absolute Gasteiger partial charge is 0.220 e. The Morgan fingerprint density at radius 1 is 1.14 bits per heavy atom. The molecular formula is C21H33N7O. The maximum atomic E-state index is 12.3. The predicted molar refractivity (Wildman–Crippen MR) is 113 cm³/mol. The van der Waals surface area contributed by atoms with Crippen LogP contribution < -0.4 is 10.2 Å². The maximum Gasteiger partial charge on any atom is 0.220 e. The second-order valence-electron chi connectivity index (χ2n) is 8.21. The fourth-order valence-corrected chi connectivity index (χ4v) is 4.54. The Labute approximate surface area is 172 Å². The highest BCUT2D eigenvalue weighted by molar-refractivity contribution is 5.75. The molecule has 8 heteroatoms. The average molecular weight is 400 g/mol. The van der Waals surface area contributed by atoms with Gasteiger partial charge >= 0.3 is 0 Å². The first-order valence-corrected chi connectivity index (χ1v) is 11.2. The molecule has 2 aromatic rings. The van der Waals surface area contributed by atoms with E-state index in [1.54, 1.807) is 0 Å². The minimum Gasteiger partial charge on any atom is -0.355 e. The van der Waals surface area contributed by atoms with Gasteiger partial charge in [0.05, 0.1) is 0 Å². The zero-order valence-electron chi connectivity index (χ0n) is 17.5.